The summed E-state index contributed by atoms with van der Waals surface area (Å²) in [5, 5.41) is 2.01. The van der Waals surface area contributed by atoms with Gasteiger partial charge in [-0.2, -0.15) is 0 Å². The number of carbonyl (C=O) groups excluding carboxylic acids is 2. The summed E-state index contributed by atoms with van der Waals surface area (Å²) in [6.07, 6.45) is 1.76. The Bertz CT molecular complexity index is 851. The number of ether oxygens (including phenoxy) is 1. The van der Waals surface area contributed by atoms with Crippen molar-refractivity contribution >= 4 is 22.6 Å². The van der Waals surface area contributed by atoms with Gasteiger partial charge in [0, 0.05) is 40.0 Å². The molecule has 0 unspecified atom stereocenters. The van der Waals surface area contributed by atoms with Crippen LogP contribution in [-0.4, -0.2) is 54.4 Å². The molecule has 0 saturated carbocycles. The van der Waals surface area contributed by atoms with Gasteiger partial charge in [-0.25, -0.2) is 4.79 Å². The quantitative estimate of drug-likeness (QED) is 0.740. The van der Waals surface area contributed by atoms with E-state index in [1.165, 1.54) is 0 Å². The first-order valence-electron chi connectivity index (χ1n) is 8.69. The number of benzene rings is 2. The van der Waals surface area contributed by atoms with Crippen LogP contribution < -0.4 is 4.74 Å². The van der Waals surface area contributed by atoms with Crippen LogP contribution in [0.25, 0.3) is 10.8 Å². The van der Waals surface area contributed by atoms with Gasteiger partial charge in [-0.05, 0) is 16.8 Å². The van der Waals surface area contributed by atoms with Crippen LogP contribution >= 0.6 is 0 Å². The van der Waals surface area contributed by atoms with Gasteiger partial charge in [0.2, 0.25) is 0 Å². The molecule has 2 aromatic rings. The predicted molar refractivity (Wildman–Crippen MR) is 96.1 cm³/mol. The number of hydrogen-bond donors (Lipinski definition) is 0. The van der Waals surface area contributed by atoms with Gasteiger partial charge in [0.15, 0.2) is 5.78 Å². The minimum absolute atomic E-state index is 0.0170. The summed E-state index contributed by atoms with van der Waals surface area (Å²) in [6, 6.07) is 11.8. The van der Waals surface area contributed by atoms with Gasteiger partial charge in [-0.1, -0.05) is 30.3 Å². The number of fused-ring (bicyclic) bond motifs is 3. The minimum atomic E-state index is -0.477. The lowest BCUT2D eigenvalue weighted by atomic mass is 9.81. The van der Waals surface area contributed by atoms with Gasteiger partial charge in [-0.15, -0.1) is 0 Å². The van der Waals surface area contributed by atoms with Crippen LogP contribution in [-0.2, 0) is 0 Å². The number of amides is 2. The molecule has 1 spiro atoms. The van der Waals surface area contributed by atoms with E-state index in [4.69, 9.17) is 4.74 Å². The van der Waals surface area contributed by atoms with Crippen molar-refractivity contribution in [2.24, 2.45) is 0 Å². The lowest BCUT2D eigenvalue weighted by Gasteiger charge is -2.44. The lowest BCUT2D eigenvalue weighted by molar-refractivity contribution is -0.00243. The number of urea groups is 1. The Kier molecular flexibility index (Phi) is 3.67. The van der Waals surface area contributed by atoms with E-state index in [0.717, 1.165) is 10.8 Å². The number of ketones is 1. The van der Waals surface area contributed by atoms with Crippen molar-refractivity contribution in [1.82, 2.24) is 9.80 Å². The second-order valence-electron chi connectivity index (χ2n) is 7.21. The predicted octanol–water partition coefficient (Wildman–Crippen LogP) is 3.32. The van der Waals surface area contributed by atoms with Crippen molar-refractivity contribution in [3.05, 3.63) is 42.0 Å². The molecule has 130 valence electrons. The molecular formula is C20H22N2O3. The second-order valence-corrected chi connectivity index (χ2v) is 7.21. The Morgan fingerprint density at radius 2 is 1.84 bits per heavy atom. The fraction of sp³-hybridized carbons (Fsp3) is 0.400. The van der Waals surface area contributed by atoms with Gasteiger partial charge >= 0.3 is 6.03 Å². The number of rotatable bonds is 0. The molecule has 1 fully saturated rings. The molecule has 5 nitrogen and oxygen atoms in total. The molecule has 0 radical (unpaired) electrons. The van der Waals surface area contributed by atoms with E-state index in [2.05, 4.69) is 0 Å². The maximum atomic E-state index is 12.9. The van der Waals surface area contributed by atoms with E-state index in [9.17, 15) is 9.59 Å². The maximum Gasteiger partial charge on any atom is 0.319 e. The third-order valence-electron chi connectivity index (χ3n) is 5.31. The van der Waals surface area contributed by atoms with Gasteiger partial charge in [0.05, 0.1) is 12.0 Å². The zero-order valence-electron chi connectivity index (χ0n) is 14.6. The molecule has 2 aliphatic heterocycles. The Morgan fingerprint density at radius 1 is 1.12 bits per heavy atom. The molecule has 0 aromatic heterocycles. The maximum absolute atomic E-state index is 12.9. The normalized spacial score (nSPS) is 18.8. The molecule has 2 aliphatic rings. The Hall–Kier alpha value is -2.56. The summed E-state index contributed by atoms with van der Waals surface area (Å²) >= 11 is 0. The molecule has 2 aromatic carbocycles. The van der Waals surface area contributed by atoms with Crippen LogP contribution in [0.2, 0.25) is 0 Å². The van der Waals surface area contributed by atoms with Crippen molar-refractivity contribution in [2.75, 3.05) is 27.2 Å². The third-order valence-corrected chi connectivity index (χ3v) is 5.31. The zero-order chi connectivity index (χ0) is 17.6. The van der Waals surface area contributed by atoms with Crippen molar-refractivity contribution in [3.8, 4) is 5.75 Å². The van der Waals surface area contributed by atoms with E-state index in [1.807, 2.05) is 41.3 Å². The summed E-state index contributed by atoms with van der Waals surface area (Å²) in [7, 11) is 3.52. The van der Waals surface area contributed by atoms with Gasteiger partial charge in [-0.3, -0.25) is 4.79 Å². The molecule has 4 rings (SSSR count). The first-order valence-corrected chi connectivity index (χ1v) is 8.69. The van der Waals surface area contributed by atoms with E-state index in [0.29, 0.717) is 43.7 Å². The summed E-state index contributed by atoms with van der Waals surface area (Å²) < 4.78 is 6.36. The molecule has 25 heavy (non-hydrogen) atoms. The SMILES string of the molecule is CN(C)C(=O)N1CCC2(CC1)CC(=O)c1c(ccc3ccccc13)O2. The number of nitrogens with zero attached hydrogens (tertiary/aromatic N) is 2. The number of carbonyl (C=O) groups is 2. The monoisotopic (exact) mass is 338 g/mol. The molecule has 0 N–H and O–H groups in total. The third kappa shape index (κ3) is 2.64. The van der Waals surface area contributed by atoms with Crippen LogP contribution in [0.5, 0.6) is 5.75 Å². The largest absolute Gasteiger partial charge is 0.486 e. The lowest BCUT2D eigenvalue weighted by Crippen LogP contribution is -2.53. The molecule has 2 heterocycles. The first kappa shape index (κ1) is 15.9. The van der Waals surface area contributed by atoms with E-state index < -0.39 is 5.60 Å². The van der Waals surface area contributed by atoms with Crippen molar-refractivity contribution < 1.29 is 14.3 Å². The average molecular weight is 338 g/mol. The van der Waals surface area contributed by atoms with E-state index >= 15 is 0 Å². The van der Waals surface area contributed by atoms with Crippen LogP contribution in [0, 0.1) is 0 Å². The summed E-state index contributed by atoms with van der Waals surface area (Å²) in [6.45, 7) is 1.24. The highest BCUT2D eigenvalue weighted by atomic mass is 16.5. The van der Waals surface area contributed by atoms with Crippen LogP contribution in [0.3, 0.4) is 0 Å². The molecule has 0 aliphatic carbocycles. The van der Waals surface area contributed by atoms with E-state index in [1.54, 1.807) is 19.0 Å². The molecule has 0 bridgehead atoms. The van der Waals surface area contributed by atoms with Crippen LogP contribution in [0.1, 0.15) is 29.6 Å². The highest BCUT2D eigenvalue weighted by Gasteiger charge is 2.44. The van der Waals surface area contributed by atoms with Gasteiger partial charge in [0.1, 0.15) is 11.4 Å². The fourth-order valence-corrected chi connectivity index (χ4v) is 3.94. The average Bonchev–Trinajstić information content (AvgIpc) is 2.61. The van der Waals surface area contributed by atoms with Gasteiger partial charge < -0.3 is 14.5 Å². The Morgan fingerprint density at radius 3 is 2.56 bits per heavy atom. The summed E-state index contributed by atoms with van der Waals surface area (Å²) in [5.41, 5.74) is 0.228. The zero-order valence-corrected chi connectivity index (χ0v) is 14.6. The smallest absolute Gasteiger partial charge is 0.319 e. The molecular weight excluding hydrogens is 316 g/mol. The van der Waals surface area contributed by atoms with Crippen LogP contribution in [0.15, 0.2) is 36.4 Å². The van der Waals surface area contributed by atoms with Gasteiger partial charge in [0.25, 0.3) is 0 Å². The molecule has 2 amide bonds. The first-order chi connectivity index (χ1) is 12.0. The summed E-state index contributed by atoms with van der Waals surface area (Å²) in [5.74, 6) is 0.827. The molecule has 1 saturated heterocycles. The second kappa shape index (κ2) is 5.76. The number of hydrogen-bond acceptors (Lipinski definition) is 3. The minimum Gasteiger partial charge on any atom is -0.486 e. The number of Topliss-reactive ketones (excluding diaryl/α,β-unsaturated/α-hetero) is 1. The van der Waals surface area contributed by atoms with E-state index in [-0.39, 0.29) is 11.8 Å². The molecule has 5 heteroatoms. The fourth-order valence-electron chi connectivity index (χ4n) is 3.94. The topological polar surface area (TPSA) is 49.9 Å². The van der Waals surface area contributed by atoms with Crippen molar-refractivity contribution in [1.29, 1.82) is 0 Å². The Balaban J connectivity index is 1.61. The Labute approximate surface area is 147 Å². The standard InChI is InChI=1S/C20H22N2O3/c1-21(2)19(24)22-11-9-20(10-12-22)13-16(23)18-15-6-4-3-5-14(15)7-8-17(18)25-20/h3-8H,9-13H2,1-2H3. The molecule has 0 atom stereocenters. The summed E-state index contributed by atoms with van der Waals surface area (Å²) in [4.78, 5) is 28.5. The highest BCUT2D eigenvalue weighted by molar-refractivity contribution is 6.11. The van der Waals surface area contributed by atoms with Crippen molar-refractivity contribution in [3.63, 3.8) is 0 Å². The van der Waals surface area contributed by atoms with Crippen LogP contribution in [0.4, 0.5) is 4.79 Å². The number of likely N-dealkylation sites (tertiary alicyclic amines) is 1. The highest BCUT2D eigenvalue weighted by Crippen LogP contribution is 2.42. The number of piperidine rings is 1. The van der Waals surface area contributed by atoms with Crippen molar-refractivity contribution in [2.45, 2.75) is 24.9 Å².